The van der Waals surface area contributed by atoms with E-state index >= 15 is 0 Å². The third kappa shape index (κ3) is 5.19. The van der Waals surface area contributed by atoms with Crippen LogP contribution in [0.25, 0.3) is 0 Å². The highest BCUT2D eigenvalue weighted by Crippen LogP contribution is 2.27. The van der Waals surface area contributed by atoms with Gasteiger partial charge < -0.3 is 0 Å². The number of hydrogen-bond acceptors (Lipinski definition) is 2. The molecule has 136 valence electrons. The quantitative estimate of drug-likeness (QED) is 0.649. The first-order valence-electron chi connectivity index (χ1n) is 8.58. The van der Waals surface area contributed by atoms with Crippen molar-refractivity contribution in [1.82, 2.24) is 10.9 Å². The highest BCUT2D eigenvalue weighted by Gasteiger charge is 2.18. The first-order chi connectivity index (χ1) is 13.1. The van der Waals surface area contributed by atoms with Gasteiger partial charge in [-0.25, -0.2) is 0 Å². The Morgan fingerprint density at radius 1 is 0.778 bits per heavy atom. The predicted octanol–water partition coefficient (Wildman–Crippen LogP) is 4.32. The highest BCUT2D eigenvalue weighted by atomic mass is 35.5. The van der Waals surface area contributed by atoms with Crippen molar-refractivity contribution in [3.8, 4) is 0 Å². The Hall–Kier alpha value is -3.11. The van der Waals surface area contributed by atoms with Crippen LogP contribution in [-0.4, -0.2) is 11.8 Å². The van der Waals surface area contributed by atoms with Crippen LogP contribution in [0.2, 0.25) is 5.02 Å². The Morgan fingerprint density at radius 3 is 1.93 bits per heavy atom. The van der Waals surface area contributed by atoms with Gasteiger partial charge in [0, 0.05) is 22.9 Å². The third-order valence-electron chi connectivity index (χ3n) is 4.20. The summed E-state index contributed by atoms with van der Waals surface area (Å²) in [5.41, 5.74) is 7.39. The number of hydrogen-bond donors (Lipinski definition) is 2. The molecule has 27 heavy (non-hydrogen) atoms. The minimum absolute atomic E-state index is 0.101. The van der Waals surface area contributed by atoms with Crippen molar-refractivity contribution >= 4 is 23.4 Å². The number of rotatable bonds is 5. The second-order valence-corrected chi connectivity index (χ2v) is 6.53. The number of halogens is 1. The monoisotopic (exact) mass is 378 g/mol. The second kappa shape index (κ2) is 9.01. The van der Waals surface area contributed by atoms with Crippen LogP contribution in [-0.2, 0) is 4.79 Å². The SMILES string of the molecule is O=C(CC(c1ccccc1)c1ccccc1)NNC(=O)c1cccc(Cl)c1. The molecule has 3 rings (SSSR count). The smallest absolute Gasteiger partial charge is 0.269 e. The first kappa shape index (κ1) is 18.7. The van der Waals surface area contributed by atoms with Gasteiger partial charge in [-0.1, -0.05) is 78.3 Å². The molecule has 4 nitrogen and oxygen atoms in total. The van der Waals surface area contributed by atoms with E-state index in [9.17, 15) is 9.59 Å². The van der Waals surface area contributed by atoms with E-state index in [0.29, 0.717) is 10.6 Å². The molecule has 0 aromatic heterocycles. The maximum atomic E-state index is 12.5. The average Bonchev–Trinajstić information content (AvgIpc) is 2.71. The number of nitrogens with one attached hydrogen (secondary N) is 2. The van der Waals surface area contributed by atoms with E-state index in [-0.39, 0.29) is 18.2 Å². The lowest BCUT2D eigenvalue weighted by Gasteiger charge is -2.18. The van der Waals surface area contributed by atoms with Gasteiger partial charge in [0.25, 0.3) is 5.91 Å². The van der Waals surface area contributed by atoms with Gasteiger partial charge in [-0.2, -0.15) is 0 Å². The zero-order valence-corrected chi connectivity index (χ0v) is 15.3. The van der Waals surface area contributed by atoms with Gasteiger partial charge >= 0.3 is 0 Å². The van der Waals surface area contributed by atoms with Crippen LogP contribution in [0.5, 0.6) is 0 Å². The number of hydrazine groups is 1. The molecule has 0 saturated heterocycles. The Labute approximate surface area is 163 Å². The highest BCUT2D eigenvalue weighted by molar-refractivity contribution is 6.30. The van der Waals surface area contributed by atoms with E-state index in [1.165, 1.54) is 0 Å². The van der Waals surface area contributed by atoms with Crippen LogP contribution in [0.3, 0.4) is 0 Å². The standard InChI is InChI=1S/C22H19ClN2O2/c23-19-13-7-12-18(14-19)22(27)25-24-21(26)15-20(16-8-3-1-4-9-16)17-10-5-2-6-11-17/h1-14,20H,15H2,(H,24,26)(H,25,27). The molecule has 2 amide bonds. The predicted molar refractivity (Wildman–Crippen MR) is 106 cm³/mol. The summed E-state index contributed by atoms with van der Waals surface area (Å²) in [5.74, 6) is -0.791. The molecular formula is C22H19ClN2O2. The van der Waals surface area contributed by atoms with Crippen LogP contribution < -0.4 is 10.9 Å². The zero-order chi connectivity index (χ0) is 19.1. The van der Waals surface area contributed by atoms with E-state index < -0.39 is 5.91 Å². The summed E-state index contributed by atoms with van der Waals surface area (Å²) in [5, 5.41) is 0.460. The summed E-state index contributed by atoms with van der Waals surface area (Å²) < 4.78 is 0. The molecule has 3 aromatic rings. The molecule has 2 N–H and O–H groups in total. The van der Waals surface area contributed by atoms with Crippen molar-refractivity contribution in [2.45, 2.75) is 12.3 Å². The fourth-order valence-electron chi connectivity index (χ4n) is 2.86. The molecule has 0 unspecified atom stereocenters. The van der Waals surface area contributed by atoms with Crippen molar-refractivity contribution in [2.75, 3.05) is 0 Å². The molecule has 0 aliphatic rings. The molecule has 0 fully saturated rings. The van der Waals surface area contributed by atoms with Gasteiger partial charge in [0.15, 0.2) is 0 Å². The summed E-state index contributed by atoms with van der Waals surface area (Å²) in [6.07, 6.45) is 0.212. The van der Waals surface area contributed by atoms with Crippen LogP contribution >= 0.6 is 11.6 Å². The molecule has 3 aromatic carbocycles. The minimum Gasteiger partial charge on any atom is -0.273 e. The second-order valence-electron chi connectivity index (χ2n) is 6.09. The lowest BCUT2D eigenvalue weighted by atomic mass is 9.88. The van der Waals surface area contributed by atoms with Gasteiger partial charge in [-0.15, -0.1) is 0 Å². The maximum absolute atomic E-state index is 12.5. The van der Waals surface area contributed by atoms with Crippen LogP contribution in [0.1, 0.15) is 33.8 Å². The first-order valence-corrected chi connectivity index (χ1v) is 8.96. The molecule has 0 bridgehead atoms. The fraction of sp³-hybridized carbons (Fsp3) is 0.0909. The number of carbonyl (C=O) groups excluding carboxylic acids is 2. The average molecular weight is 379 g/mol. The Kier molecular flexibility index (Phi) is 6.23. The Balaban J connectivity index is 1.67. The molecule has 5 heteroatoms. The minimum atomic E-state index is -0.415. The molecule has 0 radical (unpaired) electrons. The summed E-state index contributed by atoms with van der Waals surface area (Å²) in [6.45, 7) is 0. The van der Waals surface area contributed by atoms with Crippen molar-refractivity contribution in [1.29, 1.82) is 0 Å². The molecule has 0 heterocycles. The van der Waals surface area contributed by atoms with Crippen molar-refractivity contribution in [3.63, 3.8) is 0 Å². The topological polar surface area (TPSA) is 58.2 Å². The molecule has 0 saturated carbocycles. The molecule has 0 spiro atoms. The van der Waals surface area contributed by atoms with Crippen LogP contribution in [0.15, 0.2) is 84.9 Å². The lowest BCUT2D eigenvalue weighted by Crippen LogP contribution is -2.42. The fourth-order valence-corrected chi connectivity index (χ4v) is 3.05. The van der Waals surface area contributed by atoms with Gasteiger partial charge in [-0.3, -0.25) is 20.4 Å². The summed E-state index contributed by atoms with van der Waals surface area (Å²) >= 11 is 5.89. The Morgan fingerprint density at radius 2 is 1.37 bits per heavy atom. The number of amides is 2. The van der Waals surface area contributed by atoms with Crippen molar-refractivity contribution < 1.29 is 9.59 Å². The van der Waals surface area contributed by atoms with Gasteiger partial charge in [0.1, 0.15) is 0 Å². The van der Waals surface area contributed by atoms with Crippen LogP contribution in [0.4, 0.5) is 0 Å². The van der Waals surface area contributed by atoms with E-state index in [2.05, 4.69) is 10.9 Å². The van der Waals surface area contributed by atoms with E-state index in [4.69, 9.17) is 11.6 Å². The summed E-state index contributed by atoms with van der Waals surface area (Å²) in [6, 6.07) is 26.2. The van der Waals surface area contributed by atoms with E-state index in [0.717, 1.165) is 11.1 Å². The third-order valence-corrected chi connectivity index (χ3v) is 4.43. The largest absolute Gasteiger partial charge is 0.273 e. The number of carbonyl (C=O) groups is 2. The summed E-state index contributed by atoms with van der Waals surface area (Å²) in [7, 11) is 0. The molecular weight excluding hydrogens is 360 g/mol. The molecule has 0 atom stereocenters. The number of benzene rings is 3. The summed E-state index contributed by atoms with van der Waals surface area (Å²) in [4.78, 5) is 24.6. The zero-order valence-electron chi connectivity index (χ0n) is 14.6. The van der Waals surface area contributed by atoms with Crippen LogP contribution in [0, 0.1) is 0 Å². The maximum Gasteiger partial charge on any atom is 0.269 e. The molecule has 0 aliphatic carbocycles. The Bertz CT molecular complexity index is 874. The van der Waals surface area contributed by atoms with Gasteiger partial charge in [-0.05, 0) is 29.3 Å². The normalized spacial score (nSPS) is 10.4. The van der Waals surface area contributed by atoms with Gasteiger partial charge in [0.2, 0.25) is 5.91 Å². The lowest BCUT2D eigenvalue weighted by molar-refractivity contribution is -0.122. The van der Waals surface area contributed by atoms with Gasteiger partial charge in [0.05, 0.1) is 0 Å². The molecule has 0 aliphatic heterocycles. The van der Waals surface area contributed by atoms with Crippen molar-refractivity contribution in [2.24, 2.45) is 0 Å². The van der Waals surface area contributed by atoms with Crippen molar-refractivity contribution in [3.05, 3.63) is 107 Å². The van der Waals surface area contributed by atoms with E-state index in [1.807, 2.05) is 60.7 Å². The van der Waals surface area contributed by atoms with E-state index in [1.54, 1.807) is 24.3 Å².